The second-order valence-corrected chi connectivity index (χ2v) is 17.4. The predicted octanol–water partition coefficient (Wildman–Crippen LogP) is 8.94. The zero-order valence-corrected chi connectivity index (χ0v) is 37.2. The first-order chi connectivity index (χ1) is 28.0. The summed E-state index contributed by atoms with van der Waals surface area (Å²) >= 11 is 0. The molecule has 1 heterocycles. The van der Waals surface area contributed by atoms with Crippen molar-refractivity contribution in [2.75, 3.05) is 13.2 Å². The number of hydrogen-bond donors (Lipinski definition) is 6. The second kappa shape index (κ2) is 36.3. The quantitative estimate of drug-likeness (QED) is 0.0197. The Morgan fingerprint density at radius 3 is 1.55 bits per heavy atom. The third kappa shape index (κ3) is 28.9. The van der Waals surface area contributed by atoms with Crippen molar-refractivity contribution >= 4 is 16.3 Å². The third-order valence-electron chi connectivity index (χ3n) is 11.0. The Hall–Kier alpha value is -1.42. The van der Waals surface area contributed by atoms with Crippen LogP contribution in [0.25, 0.3) is 0 Å². The van der Waals surface area contributed by atoms with Gasteiger partial charge in [-0.15, -0.1) is 0 Å². The summed E-state index contributed by atoms with van der Waals surface area (Å²) < 4.78 is 47.5. The summed E-state index contributed by atoms with van der Waals surface area (Å²) in [5.41, 5.74) is 0. The lowest BCUT2D eigenvalue weighted by atomic mass is 9.99. The highest BCUT2D eigenvalue weighted by atomic mass is 32.3. The van der Waals surface area contributed by atoms with Gasteiger partial charge in [0.1, 0.15) is 24.4 Å². The van der Waals surface area contributed by atoms with Crippen molar-refractivity contribution in [2.45, 2.75) is 243 Å². The Kier molecular flexibility index (Phi) is 34.1. The molecule has 0 radical (unpaired) electrons. The SMILES string of the molecule is CCCCCCCCCCC/C=C\CCCCCCCCCC(=O)NC(COC1OC(CO)C(O)C(OS(=O)(=O)O)C1O)C(O)/C=C/CCCCCCCCCCC. The summed E-state index contributed by atoms with van der Waals surface area (Å²) in [4.78, 5) is 13.0. The van der Waals surface area contributed by atoms with E-state index in [0.717, 1.165) is 44.9 Å². The normalized spacial score (nSPS) is 21.3. The molecule has 1 amide bonds. The second-order valence-electron chi connectivity index (χ2n) is 16.3. The largest absolute Gasteiger partial charge is 0.397 e. The van der Waals surface area contributed by atoms with E-state index in [2.05, 4.69) is 35.5 Å². The van der Waals surface area contributed by atoms with E-state index in [4.69, 9.17) is 14.0 Å². The summed E-state index contributed by atoms with van der Waals surface area (Å²) in [5.74, 6) is -0.268. The molecule has 0 aromatic carbocycles. The molecule has 0 aliphatic carbocycles. The molecule has 0 aromatic rings. The van der Waals surface area contributed by atoms with Crippen LogP contribution in [0.4, 0.5) is 0 Å². The predicted molar refractivity (Wildman–Crippen MR) is 232 cm³/mol. The van der Waals surface area contributed by atoms with Crippen LogP contribution in [0.15, 0.2) is 24.3 Å². The Morgan fingerprint density at radius 2 is 1.10 bits per heavy atom. The summed E-state index contributed by atoms with van der Waals surface area (Å²) in [7, 11) is -5.08. The molecule has 6 N–H and O–H groups in total. The van der Waals surface area contributed by atoms with Crippen molar-refractivity contribution in [2.24, 2.45) is 0 Å². The molecule has 0 bridgehead atoms. The van der Waals surface area contributed by atoms with Gasteiger partial charge in [0.05, 0.1) is 25.4 Å². The Balaban J connectivity index is 2.47. The van der Waals surface area contributed by atoms with E-state index < -0.39 is 59.9 Å². The molecule has 12 nitrogen and oxygen atoms in total. The number of ether oxygens (including phenoxy) is 2. The minimum absolute atomic E-state index is 0.265. The summed E-state index contributed by atoms with van der Waals surface area (Å²) in [6.45, 7) is 3.36. The average molecular weight is 848 g/mol. The average Bonchev–Trinajstić information content (AvgIpc) is 3.19. The van der Waals surface area contributed by atoms with E-state index in [0.29, 0.717) is 6.42 Å². The van der Waals surface area contributed by atoms with E-state index in [1.54, 1.807) is 6.08 Å². The molecule has 58 heavy (non-hydrogen) atoms. The maximum Gasteiger partial charge on any atom is 0.397 e. The highest BCUT2D eigenvalue weighted by Gasteiger charge is 2.48. The van der Waals surface area contributed by atoms with Crippen LogP contribution in [-0.4, -0.2) is 95.4 Å². The Morgan fingerprint density at radius 1 is 0.672 bits per heavy atom. The van der Waals surface area contributed by atoms with Crippen LogP contribution in [-0.2, 0) is 28.9 Å². The number of allylic oxidation sites excluding steroid dienone is 3. The molecule has 0 saturated carbocycles. The van der Waals surface area contributed by atoms with Crippen molar-refractivity contribution in [3.05, 3.63) is 24.3 Å². The number of amides is 1. The maximum absolute atomic E-state index is 13.0. The van der Waals surface area contributed by atoms with Gasteiger partial charge in [-0.25, -0.2) is 4.18 Å². The van der Waals surface area contributed by atoms with Crippen molar-refractivity contribution < 1.29 is 51.8 Å². The van der Waals surface area contributed by atoms with Gasteiger partial charge < -0.3 is 35.2 Å². The molecule has 1 fully saturated rings. The Labute approximate surface area is 352 Å². The first kappa shape index (κ1) is 54.6. The van der Waals surface area contributed by atoms with Crippen molar-refractivity contribution in [1.29, 1.82) is 0 Å². The fraction of sp³-hybridized carbons (Fsp3) is 0.889. The number of rotatable bonds is 39. The first-order valence-corrected chi connectivity index (χ1v) is 24.6. The minimum atomic E-state index is -5.08. The molecule has 1 aliphatic heterocycles. The number of aliphatic hydroxyl groups is 4. The molecule has 1 aliphatic rings. The smallest absolute Gasteiger partial charge is 0.394 e. The van der Waals surface area contributed by atoms with Crippen LogP contribution in [0.5, 0.6) is 0 Å². The number of unbranched alkanes of at least 4 members (excludes halogenated alkanes) is 25. The fourth-order valence-corrected chi connectivity index (χ4v) is 7.84. The molecule has 342 valence electrons. The van der Waals surface area contributed by atoms with Gasteiger partial charge in [0.2, 0.25) is 5.91 Å². The monoisotopic (exact) mass is 848 g/mol. The summed E-state index contributed by atoms with van der Waals surface area (Å²) in [5, 5.41) is 44.6. The van der Waals surface area contributed by atoms with Crippen molar-refractivity contribution in [1.82, 2.24) is 5.32 Å². The standard InChI is InChI=1S/C45H85NO11S/c1-3-5-7-9-11-13-15-16-17-18-19-20-21-22-23-25-27-29-31-33-35-41(49)46-38(39(48)34-32-30-28-26-24-14-12-10-8-6-4-2)37-55-45-43(51)44(57-58(52,53)54)42(50)40(36-47)56-45/h19-20,32,34,38-40,42-45,47-48,50-51H,3-18,21-31,33,35-37H2,1-2H3,(H,46,49)(H,52,53,54)/b20-19-,34-32+. The number of nitrogens with one attached hydrogen (secondary N) is 1. The van der Waals surface area contributed by atoms with Crippen LogP contribution in [0.2, 0.25) is 0 Å². The molecule has 0 spiro atoms. The van der Waals surface area contributed by atoms with Gasteiger partial charge >= 0.3 is 10.4 Å². The van der Waals surface area contributed by atoms with Crippen molar-refractivity contribution in [3.63, 3.8) is 0 Å². The van der Waals surface area contributed by atoms with Gasteiger partial charge in [-0.2, -0.15) is 8.42 Å². The summed E-state index contributed by atoms with van der Waals surface area (Å²) in [6, 6.07) is -0.942. The van der Waals surface area contributed by atoms with Crippen LogP contribution in [0, 0.1) is 0 Å². The van der Waals surface area contributed by atoms with Crippen LogP contribution < -0.4 is 5.32 Å². The summed E-state index contributed by atoms with van der Waals surface area (Å²) in [6.07, 6.45) is 32.2. The highest BCUT2D eigenvalue weighted by molar-refractivity contribution is 7.80. The fourth-order valence-electron chi connectivity index (χ4n) is 7.33. The number of carbonyl (C=O) groups excluding carboxylic acids is 1. The van der Waals surface area contributed by atoms with Crippen LogP contribution in [0.3, 0.4) is 0 Å². The molecular formula is C45H85NO11S. The van der Waals surface area contributed by atoms with Crippen LogP contribution in [0.1, 0.15) is 200 Å². The number of carbonyl (C=O) groups is 1. The van der Waals surface area contributed by atoms with Gasteiger partial charge in [0.25, 0.3) is 0 Å². The zero-order valence-electron chi connectivity index (χ0n) is 36.4. The molecular weight excluding hydrogens is 763 g/mol. The lowest BCUT2D eigenvalue weighted by molar-refractivity contribution is -0.298. The van der Waals surface area contributed by atoms with E-state index in [1.165, 1.54) is 128 Å². The Bertz CT molecular complexity index is 1140. The number of hydrogen-bond acceptors (Lipinski definition) is 10. The van der Waals surface area contributed by atoms with E-state index in [1.807, 2.05) is 6.08 Å². The van der Waals surface area contributed by atoms with Gasteiger partial charge in [-0.1, -0.05) is 173 Å². The molecule has 1 saturated heterocycles. The minimum Gasteiger partial charge on any atom is -0.394 e. The lowest BCUT2D eigenvalue weighted by Gasteiger charge is -2.41. The van der Waals surface area contributed by atoms with E-state index in [9.17, 15) is 33.6 Å². The van der Waals surface area contributed by atoms with Gasteiger partial charge in [-0.3, -0.25) is 9.35 Å². The van der Waals surface area contributed by atoms with E-state index in [-0.39, 0.29) is 18.9 Å². The molecule has 7 atom stereocenters. The maximum atomic E-state index is 13.0. The van der Waals surface area contributed by atoms with Crippen molar-refractivity contribution in [3.8, 4) is 0 Å². The highest BCUT2D eigenvalue weighted by Crippen LogP contribution is 2.26. The lowest BCUT2D eigenvalue weighted by Crippen LogP contribution is -2.61. The molecule has 0 aromatic heterocycles. The molecule has 1 rings (SSSR count). The third-order valence-corrected chi connectivity index (χ3v) is 11.4. The van der Waals surface area contributed by atoms with E-state index >= 15 is 0 Å². The topological polar surface area (TPSA) is 192 Å². The van der Waals surface area contributed by atoms with Gasteiger partial charge in [0.15, 0.2) is 6.29 Å². The first-order valence-electron chi connectivity index (χ1n) is 23.2. The van der Waals surface area contributed by atoms with Gasteiger partial charge in [-0.05, 0) is 44.9 Å². The molecule has 13 heteroatoms. The molecule has 7 unspecified atom stereocenters. The zero-order chi connectivity index (χ0) is 42.7. The van der Waals surface area contributed by atoms with Crippen LogP contribution >= 0.6 is 0 Å². The van der Waals surface area contributed by atoms with Gasteiger partial charge in [0, 0.05) is 6.42 Å². The number of aliphatic hydroxyl groups excluding tert-OH is 4.